The van der Waals surface area contributed by atoms with Crippen molar-refractivity contribution >= 4 is 11.3 Å². The molecule has 5 nitrogen and oxygen atoms in total. The van der Waals surface area contributed by atoms with Crippen LogP contribution in [0.2, 0.25) is 0 Å². The number of aromatic nitrogens is 3. The number of nitrogens with two attached hydrogens (primary N) is 1. The van der Waals surface area contributed by atoms with E-state index in [1.807, 2.05) is 29.8 Å². The van der Waals surface area contributed by atoms with Crippen molar-refractivity contribution in [1.82, 2.24) is 15.1 Å². The van der Waals surface area contributed by atoms with Crippen LogP contribution in [0.5, 0.6) is 0 Å². The second-order valence-corrected chi connectivity index (χ2v) is 5.31. The summed E-state index contributed by atoms with van der Waals surface area (Å²) in [5, 5.41) is 6.01. The first kappa shape index (κ1) is 13.0. The smallest absolute Gasteiger partial charge is 0.249 e. The van der Waals surface area contributed by atoms with Gasteiger partial charge in [0.15, 0.2) is 0 Å². The first-order valence-electron chi connectivity index (χ1n) is 6.35. The lowest BCUT2D eigenvalue weighted by molar-refractivity contribution is 0.368. The van der Waals surface area contributed by atoms with Crippen molar-refractivity contribution in [2.75, 3.05) is 0 Å². The Hall–Kier alpha value is -2.05. The number of aryl methyl sites for hydroxylation is 1. The molecule has 0 spiro atoms. The Morgan fingerprint density at radius 3 is 3.05 bits per heavy atom. The largest absolute Gasteiger partial charge is 0.337 e. The first-order chi connectivity index (χ1) is 9.79. The van der Waals surface area contributed by atoms with Gasteiger partial charge in [-0.1, -0.05) is 18.1 Å². The maximum atomic E-state index is 6.12. The molecule has 20 heavy (non-hydrogen) atoms. The van der Waals surface area contributed by atoms with Gasteiger partial charge in [-0.15, -0.1) is 11.3 Å². The Kier molecular flexibility index (Phi) is 3.58. The second kappa shape index (κ2) is 5.52. The molecule has 0 aliphatic rings. The molecule has 0 aliphatic carbocycles. The number of pyridine rings is 1. The Morgan fingerprint density at radius 2 is 2.30 bits per heavy atom. The number of hydrogen-bond acceptors (Lipinski definition) is 6. The number of nitrogens with zero attached hydrogens (tertiary/aromatic N) is 3. The van der Waals surface area contributed by atoms with Crippen LogP contribution in [0.15, 0.2) is 40.5 Å². The summed E-state index contributed by atoms with van der Waals surface area (Å²) < 4.78 is 5.30. The summed E-state index contributed by atoms with van der Waals surface area (Å²) in [6.45, 7) is 2.07. The lowest BCUT2D eigenvalue weighted by Gasteiger charge is -2.02. The van der Waals surface area contributed by atoms with Gasteiger partial charge in [-0.3, -0.25) is 4.98 Å². The van der Waals surface area contributed by atoms with Crippen LogP contribution >= 0.6 is 11.3 Å². The molecule has 3 aromatic heterocycles. The fourth-order valence-electron chi connectivity index (χ4n) is 1.99. The van der Waals surface area contributed by atoms with E-state index in [-0.39, 0.29) is 6.04 Å². The maximum absolute atomic E-state index is 6.12. The highest BCUT2D eigenvalue weighted by molar-refractivity contribution is 7.10. The zero-order chi connectivity index (χ0) is 13.9. The number of thiophene rings is 1. The molecule has 3 rings (SSSR count). The Labute approximate surface area is 120 Å². The second-order valence-electron chi connectivity index (χ2n) is 4.34. The summed E-state index contributed by atoms with van der Waals surface area (Å²) in [5.41, 5.74) is 8.15. The van der Waals surface area contributed by atoms with Crippen LogP contribution < -0.4 is 5.73 Å². The highest BCUT2D eigenvalue weighted by Gasteiger charge is 2.19. The van der Waals surface area contributed by atoms with Crippen LogP contribution in [0.1, 0.15) is 29.3 Å². The third kappa shape index (κ3) is 2.35. The van der Waals surface area contributed by atoms with Crippen LogP contribution in [0.4, 0.5) is 0 Å². The van der Waals surface area contributed by atoms with Crippen LogP contribution in [-0.4, -0.2) is 15.1 Å². The minimum atomic E-state index is -0.372. The molecule has 0 aromatic carbocycles. The van der Waals surface area contributed by atoms with Gasteiger partial charge in [0.1, 0.15) is 6.04 Å². The van der Waals surface area contributed by atoms with Crippen molar-refractivity contribution in [1.29, 1.82) is 0 Å². The van der Waals surface area contributed by atoms with E-state index in [1.165, 1.54) is 0 Å². The molecular formula is C14H14N4OS. The summed E-state index contributed by atoms with van der Waals surface area (Å²) in [7, 11) is 0. The van der Waals surface area contributed by atoms with Gasteiger partial charge in [0.05, 0.1) is 0 Å². The van der Waals surface area contributed by atoms with Gasteiger partial charge in [0.2, 0.25) is 11.7 Å². The topological polar surface area (TPSA) is 77.8 Å². The highest BCUT2D eigenvalue weighted by Crippen LogP contribution is 2.26. The number of hydrogen-bond donors (Lipinski definition) is 1. The van der Waals surface area contributed by atoms with E-state index in [2.05, 4.69) is 22.0 Å². The Balaban J connectivity index is 1.94. The van der Waals surface area contributed by atoms with Gasteiger partial charge in [-0.05, 0) is 29.5 Å². The minimum Gasteiger partial charge on any atom is -0.337 e. The van der Waals surface area contributed by atoms with Crippen molar-refractivity contribution in [3.05, 3.63) is 52.3 Å². The SMILES string of the molecule is CCc1cnccc1-c1noc(C(N)c2cccs2)n1. The van der Waals surface area contributed by atoms with E-state index in [9.17, 15) is 0 Å². The zero-order valence-corrected chi connectivity index (χ0v) is 11.8. The summed E-state index contributed by atoms with van der Waals surface area (Å²) in [4.78, 5) is 9.54. The van der Waals surface area contributed by atoms with Crippen LogP contribution in [0, 0.1) is 0 Å². The highest BCUT2D eigenvalue weighted by atomic mass is 32.1. The van der Waals surface area contributed by atoms with Crippen LogP contribution in [0.3, 0.4) is 0 Å². The van der Waals surface area contributed by atoms with Crippen molar-refractivity contribution in [3.63, 3.8) is 0 Å². The molecule has 102 valence electrons. The molecule has 0 saturated carbocycles. The summed E-state index contributed by atoms with van der Waals surface area (Å²) in [6.07, 6.45) is 4.41. The van der Waals surface area contributed by atoms with Crippen LogP contribution in [0.25, 0.3) is 11.4 Å². The summed E-state index contributed by atoms with van der Waals surface area (Å²) in [5.74, 6) is 0.993. The van der Waals surface area contributed by atoms with Crippen molar-refractivity contribution in [2.45, 2.75) is 19.4 Å². The molecule has 6 heteroatoms. The average Bonchev–Trinajstić information content (AvgIpc) is 3.18. The summed E-state index contributed by atoms with van der Waals surface area (Å²) in [6, 6.07) is 5.44. The summed E-state index contributed by atoms with van der Waals surface area (Å²) >= 11 is 1.58. The normalized spacial score (nSPS) is 12.5. The Bertz CT molecular complexity index is 693. The van der Waals surface area contributed by atoms with Gasteiger partial charge in [-0.2, -0.15) is 4.98 Å². The zero-order valence-electron chi connectivity index (χ0n) is 11.0. The fourth-order valence-corrected chi connectivity index (χ4v) is 2.71. The maximum Gasteiger partial charge on any atom is 0.249 e. The lowest BCUT2D eigenvalue weighted by atomic mass is 10.1. The van der Waals surface area contributed by atoms with E-state index in [0.29, 0.717) is 11.7 Å². The Morgan fingerprint density at radius 1 is 1.40 bits per heavy atom. The van der Waals surface area contributed by atoms with Gasteiger partial charge in [0.25, 0.3) is 0 Å². The first-order valence-corrected chi connectivity index (χ1v) is 7.23. The molecule has 3 aromatic rings. The van der Waals surface area contributed by atoms with E-state index in [1.54, 1.807) is 17.5 Å². The molecule has 1 atom stereocenters. The quantitative estimate of drug-likeness (QED) is 0.798. The van der Waals surface area contributed by atoms with Gasteiger partial charge in [-0.25, -0.2) is 0 Å². The van der Waals surface area contributed by atoms with E-state index >= 15 is 0 Å². The fraction of sp³-hybridized carbons (Fsp3) is 0.214. The van der Waals surface area contributed by atoms with Gasteiger partial charge >= 0.3 is 0 Å². The third-order valence-electron chi connectivity index (χ3n) is 3.08. The molecule has 1 unspecified atom stereocenters. The van der Waals surface area contributed by atoms with Crippen molar-refractivity contribution in [3.8, 4) is 11.4 Å². The van der Waals surface area contributed by atoms with E-state index in [0.717, 1.165) is 22.4 Å². The molecule has 0 aliphatic heterocycles. The third-order valence-corrected chi connectivity index (χ3v) is 4.04. The van der Waals surface area contributed by atoms with E-state index in [4.69, 9.17) is 10.3 Å². The predicted molar refractivity (Wildman–Crippen MR) is 77.3 cm³/mol. The van der Waals surface area contributed by atoms with Crippen molar-refractivity contribution in [2.24, 2.45) is 5.73 Å². The molecule has 0 amide bonds. The molecule has 0 fully saturated rings. The van der Waals surface area contributed by atoms with Crippen molar-refractivity contribution < 1.29 is 4.52 Å². The molecule has 2 N–H and O–H groups in total. The lowest BCUT2D eigenvalue weighted by Crippen LogP contribution is -2.10. The minimum absolute atomic E-state index is 0.372. The molecule has 3 heterocycles. The molecule has 0 radical (unpaired) electrons. The van der Waals surface area contributed by atoms with Crippen LogP contribution in [-0.2, 0) is 6.42 Å². The van der Waals surface area contributed by atoms with Gasteiger partial charge in [0, 0.05) is 22.8 Å². The molecule has 0 bridgehead atoms. The average molecular weight is 286 g/mol. The monoisotopic (exact) mass is 286 g/mol. The van der Waals surface area contributed by atoms with E-state index < -0.39 is 0 Å². The van der Waals surface area contributed by atoms with Gasteiger partial charge < -0.3 is 10.3 Å². The predicted octanol–water partition coefficient (Wildman–Crippen LogP) is 2.80. The molecular weight excluding hydrogens is 272 g/mol. The molecule has 0 saturated heterocycles. The number of rotatable bonds is 4. The standard InChI is InChI=1S/C14H14N4OS/c1-2-9-8-16-6-5-10(9)13-17-14(19-18-13)12(15)11-4-3-7-20-11/h3-8,12H,2,15H2,1H3.